The van der Waals surface area contributed by atoms with E-state index in [-0.39, 0.29) is 28.6 Å². The molecule has 0 radical (unpaired) electrons. The number of nitrogens with one attached hydrogen (secondary N) is 3. The van der Waals surface area contributed by atoms with Crippen LogP contribution in [0.15, 0.2) is 52.4 Å². The molecule has 1 aliphatic rings. The van der Waals surface area contributed by atoms with E-state index < -0.39 is 34.9 Å². The highest BCUT2D eigenvalue weighted by Gasteiger charge is 2.35. The smallest absolute Gasteiger partial charge is 0.257 e. The molecule has 2 amide bonds. The Labute approximate surface area is 185 Å². The number of carbonyl (C=O) groups is 2. The monoisotopic (exact) mass is 456 g/mol. The number of aromatic nitrogens is 2. The van der Waals surface area contributed by atoms with Crippen molar-refractivity contribution in [2.24, 2.45) is 0 Å². The average Bonchev–Trinajstić information content (AvgIpc) is 2.75. The fraction of sp³-hybridized carbons (Fsp3) is 0.182. The average molecular weight is 456 g/mol. The maximum absolute atomic E-state index is 13.9. The number of aromatic amines is 1. The molecule has 2 heterocycles. The van der Waals surface area contributed by atoms with Crippen molar-refractivity contribution in [2.75, 3.05) is 10.6 Å². The zero-order valence-electron chi connectivity index (χ0n) is 16.9. The van der Waals surface area contributed by atoms with Gasteiger partial charge in [0.2, 0.25) is 11.8 Å². The highest BCUT2D eigenvalue weighted by atomic mass is 32.2. The number of hydrogen-bond donors (Lipinski definition) is 3. The molecule has 0 spiro atoms. The first kappa shape index (κ1) is 21.7. The van der Waals surface area contributed by atoms with Gasteiger partial charge >= 0.3 is 0 Å². The summed E-state index contributed by atoms with van der Waals surface area (Å²) >= 11 is 1.27. The van der Waals surface area contributed by atoms with Gasteiger partial charge in [0.25, 0.3) is 5.56 Å². The molecule has 1 atom stereocenters. The Bertz CT molecular complexity index is 1260. The van der Waals surface area contributed by atoms with Crippen LogP contribution in [0.2, 0.25) is 0 Å². The van der Waals surface area contributed by atoms with Crippen LogP contribution in [0, 0.1) is 18.6 Å². The molecule has 32 heavy (non-hydrogen) atoms. The largest absolute Gasteiger partial charge is 0.323 e. The van der Waals surface area contributed by atoms with E-state index in [1.807, 2.05) is 31.2 Å². The minimum Gasteiger partial charge on any atom is -0.323 e. The lowest BCUT2D eigenvalue weighted by atomic mass is 9.92. The summed E-state index contributed by atoms with van der Waals surface area (Å²) in [6, 6.07) is 10.5. The van der Waals surface area contributed by atoms with Crippen molar-refractivity contribution in [3.05, 3.63) is 81.1 Å². The second kappa shape index (κ2) is 8.91. The molecular formula is C22H18F2N4O3S. The van der Waals surface area contributed by atoms with Crippen LogP contribution >= 0.6 is 11.8 Å². The minimum atomic E-state index is -1.20. The third-order valence-corrected chi connectivity index (χ3v) is 5.87. The van der Waals surface area contributed by atoms with Crippen molar-refractivity contribution in [1.29, 1.82) is 0 Å². The number of anilines is 2. The summed E-state index contributed by atoms with van der Waals surface area (Å²) in [5, 5.41) is 5.06. The van der Waals surface area contributed by atoms with E-state index in [4.69, 9.17) is 0 Å². The normalized spacial score (nSPS) is 15.1. The van der Waals surface area contributed by atoms with Gasteiger partial charge in [-0.15, -0.1) is 0 Å². The van der Waals surface area contributed by atoms with E-state index in [0.717, 1.165) is 29.3 Å². The fourth-order valence-electron chi connectivity index (χ4n) is 3.29. The third kappa shape index (κ3) is 4.70. The van der Waals surface area contributed by atoms with Crippen LogP contribution in [0.4, 0.5) is 20.3 Å². The van der Waals surface area contributed by atoms with Gasteiger partial charge in [0, 0.05) is 18.2 Å². The molecular weight excluding hydrogens is 438 g/mol. The topological polar surface area (TPSA) is 104 Å². The Morgan fingerprint density at radius 3 is 2.69 bits per heavy atom. The summed E-state index contributed by atoms with van der Waals surface area (Å²) in [4.78, 5) is 44.6. The maximum Gasteiger partial charge on any atom is 0.257 e. The number of hydrogen-bond acceptors (Lipinski definition) is 5. The van der Waals surface area contributed by atoms with Crippen LogP contribution in [0.5, 0.6) is 0 Å². The van der Waals surface area contributed by atoms with Crippen LogP contribution in [-0.4, -0.2) is 21.8 Å². The van der Waals surface area contributed by atoms with Crippen molar-refractivity contribution in [1.82, 2.24) is 9.97 Å². The van der Waals surface area contributed by atoms with Crippen molar-refractivity contribution >= 4 is 35.1 Å². The highest BCUT2D eigenvalue weighted by Crippen LogP contribution is 2.31. The van der Waals surface area contributed by atoms with Crippen LogP contribution < -0.4 is 16.2 Å². The SMILES string of the molecule is Cc1ccc(CSc2nc3c(c(=O)[nH]2)[C@@H](C(=O)Nc2cc(F)ccc2F)CC(=O)N3)cc1. The molecule has 10 heteroatoms. The summed E-state index contributed by atoms with van der Waals surface area (Å²) in [7, 11) is 0. The number of fused-ring (bicyclic) bond motifs is 1. The quantitative estimate of drug-likeness (QED) is 0.401. The molecule has 1 aromatic heterocycles. The number of amides is 2. The maximum atomic E-state index is 13.9. The highest BCUT2D eigenvalue weighted by molar-refractivity contribution is 7.98. The lowest BCUT2D eigenvalue weighted by Gasteiger charge is -2.23. The molecule has 0 bridgehead atoms. The number of thioether (sulfide) groups is 1. The fourth-order valence-corrected chi connectivity index (χ4v) is 4.11. The van der Waals surface area contributed by atoms with Gasteiger partial charge in [-0.2, -0.15) is 0 Å². The number of carbonyl (C=O) groups excluding carboxylic acids is 2. The first-order chi connectivity index (χ1) is 15.3. The van der Waals surface area contributed by atoms with Gasteiger partial charge in [-0.25, -0.2) is 13.8 Å². The Morgan fingerprint density at radius 1 is 1.19 bits per heavy atom. The van der Waals surface area contributed by atoms with Gasteiger partial charge in [-0.05, 0) is 24.6 Å². The summed E-state index contributed by atoms with van der Waals surface area (Å²) in [6.45, 7) is 1.98. The van der Waals surface area contributed by atoms with E-state index in [2.05, 4.69) is 20.6 Å². The van der Waals surface area contributed by atoms with E-state index in [1.165, 1.54) is 11.8 Å². The Kier molecular flexibility index (Phi) is 6.04. The summed E-state index contributed by atoms with van der Waals surface area (Å²) in [5.74, 6) is -3.57. The number of halogens is 2. The molecule has 4 rings (SSSR count). The summed E-state index contributed by atoms with van der Waals surface area (Å²) in [5.41, 5.74) is 1.17. The van der Waals surface area contributed by atoms with Gasteiger partial charge in [0.1, 0.15) is 17.5 Å². The molecule has 1 aliphatic heterocycles. The Morgan fingerprint density at radius 2 is 1.94 bits per heavy atom. The van der Waals surface area contributed by atoms with Crippen LogP contribution in [0.3, 0.4) is 0 Å². The van der Waals surface area contributed by atoms with Gasteiger partial charge in [0.15, 0.2) is 5.16 Å². The van der Waals surface area contributed by atoms with Crippen LogP contribution in [-0.2, 0) is 15.3 Å². The molecule has 0 unspecified atom stereocenters. The molecule has 0 saturated carbocycles. The Hall–Kier alpha value is -3.53. The van der Waals surface area contributed by atoms with E-state index in [1.54, 1.807) is 0 Å². The number of nitrogens with zero attached hydrogens (tertiary/aromatic N) is 1. The second-order valence-electron chi connectivity index (χ2n) is 7.33. The van der Waals surface area contributed by atoms with Crippen molar-refractivity contribution in [3.8, 4) is 0 Å². The van der Waals surface area contributed by atoms with Gasteiger partial charge in [-0.3, -0.25) is 14.4 Å². The minimum absolute atomic E-state index is 0.0173. The van der Waals surface area contributed by atoms with E-state index in [9.17, 15) is 23.2 Å². The molecule has 0 fully saturated rings. The zero-order chi connectivity index (χ0) is 22.8. The molecule has 3 N–H and O–H groups in total. The standard InChI is InChI=1S/C22H18F2N4O3S/c1-11-2-4-12(5-3-11)10-32-22-27-19-18(21(31)28-22)14(9-17(29)26-19)20(30)25-16-8-13(23)6-7-15(16)24/h2-8,14H,9-10H2,1H3,(H,25,30)(H2,26,27,28,29,31)/t14-/m0/s1. The number of rotatable bonds is 5. The van der Waals surface area contributed by atoms with Gasteiger partial charge < -0.3 is 15.6 Å². The molecule has 164 valence electrons. The summed E-state index contributed by atoms with van der Waals surface area (Å²) in [6.07, 6.45) is -0.323. The van der Waals surface area contributed by atoms with Crippen molar-refractivity contribution in [3.63, 3.8) is 0 Å². The van der Waals surface area contributed by atoms with Gasteiger partial charge in [0.05, 0.1) is 17.2 Å². The molecule has 2 aromatic carbocycles. The summed E-state index contributed by atoms with van der Waals surface area (Å²) < 4.78 is 27.3. The zero-order valence-corrected chi connectivity index (χ0v) is 17.7. The lowest BCUT2D eigenvalue weighted by Crippen LogP contribution is -2.36. The van der Waals surface area contributed by atoms with Crippen LogP contribution in [0.25, 0.3) is 0 Å². The first-order valence-corrected chi connectivity index (χ1v) is 10.7. The number of benzene rings is 2. The van der Waals surface area contributed by atoms with Gasteiger partial charge in [-0.1, -0.05) is 41.6 Å². The predicted molar refractivity (Wildman–Crippen MR) is 117 cm³/mol. The number of H-pyrrole nitrogens is 1. The second-order valence-corrected chi connectivity index (χ2v) is 8.29. The molecule has 0 saturated heterocycles. The van der Waals surface area contributed by atoms with Crippen molar-refractivity contribution < 1.29 is 18.4 Å². The van der Waals surface area contributed by atoms with Crippen molar-refractivity contribution in [2.45, 2.75) is 30.2 Å². The first-order valence-electron chi connectivity index (χ1n) is 9.68. The molecule has 7 nitrogen and oxygen atoms in total. The van der Waals surface area contributed by atoms with E-state index >= 15 is 0 Å². The molecule has 3 aromatic rings. The molecule has 0 aliphatic carbocycles. The predicted octanol–water partition coefficient (Wildman–Crippen LogP) is 3.71. The van der Waals surface area contributed by atoms with Crippen LogP contribution in [0.1, 0.15) is 29.0 Å². The third-order valence-electron chi connectivity index (χ3n) is 4.93. The Balaban J connectivity index is 1.58. The number of aryl methyl sites for hydroxylation is 1. The lowest BCUT2D eigenvalue weighted by molar-refractivity contribution is -0.123. The van der Waals surface area contributed by atoms with E-state index in [0.29, 0.717) is 5.75 Å².